The van der Waals surface area contributed by atoms with Gasteiger partial charge in [-0.3, -0.25) is 19.3 Å². The second-order valence-corrected chi connectivity index (χ2v) is 7.14. The van der Waals surface area contributed by atoms with Crippen LogP contribution in [0, 0.1) is 13.8 Å². The maximum Gasteiger partial charge on any atom is 0.294 e. The van der Waals surface area contributed by atoms with Gasteiger partial charge >= 0.3 is 0 Å². The topological polar surface area (TPSA) is 71.4 Å². The second kappa shape index (κ2) is 7.21. The molecule has 6 nitrogen and oxygen atoms in total. The zero-order valence-corrected chi connectivity index (χ0v) is 15.6. The van der Waals surface area contributed by atoms with Gasteiger partial charge in [0.1, 0.15) is 6.54 Å². The molecule has 26 heavy (non-hydrogen) atoms. The number of benzene rings is 1. The normalized spacial score (nSPS) is 15.8. The van der Waals surface area contributed by atoms with E-state index in [1.165, 1.54) is 0 Å². The first-order chi connectivity index (χ1) is 12.3. The predicted molar refractivity (Wildman–Crippen MR) is 103 cm³/mol. The number of nitrogens with zero attached hydrogens (tertiary/aromatic N) is 2. The van der Waals surface area contributed by atoms with Crippen molar-refractivity contribution in [2.24, 2.45) is 7.05 Å². The van der Waals surface area contributed by atoms with E-state index in [9.17, 15) is 14.4 Å². The zero-order chi connectivity index (χ0) is 18.8. The average molecular weight is 369 g/mol. The molecule has 0 saturated carbocycles. The Morgan fingerprint density at radius 3 is 2.62 bits per heavy atom. The summed E-state index contributed by atoms with van der Waals surface area (Å²) < 4.78 is 1.93. The van der Waals surface area contributed by atoms with Gasteiger partial charge in [-0.2, -0.15) is 0 Å². The first-order valence-electron chi connectivity index (χ1n) is 8.09. The van der Waals surface area contributed by atoms with Crippen LogP contribution in [0.5, 0.6) is 0 Å². The fourth-order valence-corrected chi connectivity index (χ4v) is 3.44. The van der Waals surface area contributed by atoms with Gasteiger partial charge in [0.2, 0.25) is 5.91 Å². The number of aryl methyl sites for hydroxylation is 2. The van der Waals surface area contributed by atoms with Crippen LogP contribution in [0.1, 0.15) is 17.0 Å². The third-order valence-electron chi connectivity index (χ3n) is 4.17. The SMILES string of the molecule is Cc1cccc(NC(=O)CN2C(=O)S/C(=C\c3ccc(C)n3C)C2=O)c1. The second-order valence-electron chi connectivity index (χ2n) is 6.14. The lowest BCUT2D eigenvalue weighted by Crippen LogP contribution is -2.36. The summed E-state index contributed by atoms with van der Waals surface area (Å²) in [6.45, 7) is 3.57. The summed E-state index contributed by atoms with van der Waals surface area (Å²) in [6.07, 6.45) is 1.68. The summed E-state index contributed by atoms with van der Waals surface area (Å²) in [5.74, 6) is -0.855. The van der Waals surface area contributed by atoms with Gasteiger partial charge in [-0.05, 0) is 61.5 Å². The molecule has 2 heterocycles. The van der Waals surface area contributed by atoms with Crippen LogP contribution in [-0.4, -0.2) is 33.1 Å². The van der Waals surface area contributed by atoms with Crippen molar-refractivity contribution < 1.29 is 14.4 Å². The van der Waals surface area contributed by atoms with Crippen LogP contribution in [0.4, 0.5) is 10.5 Å². The molecule has 3 amide bonds. The Bertz CT molecular complexity index is 930. The van der Waals surface area contributed by atoms with Crippen molar-refractivity contribution in [2.75, 3.05) is 11.9 Å². The molecule has 0 bridgehead atoms. The van der Waals surface area contributed by atoms with Crippen molar-refractivity contribution in [2.45, 2.75) is 13.8 Å². The molecule has 0 spiro atoms. The highest BCUT2D eigenvalue weighted by Crippen LogP contribution is 2.32. The molecule has 134 valence electrons. The number of carbonyl (C=O) groups excluding carboxylic acids is 3. The highest BCUT2D eigenvalue weighted by Gasteiger charge is 2.36. The van der Waals surface area contributed by atoms with E-state index in [1.807, 2.05) is 55.8 Å². The Balaban J connectivity index is 1.71. The molecule has 0 atom stereocenters. The molecule has 0 aliphatic carbocycles. The standard InChI is InChI=1S/C19H19N3O3S/c1-12-5-4-6-14(9-12)20-17(23)11-22-18(24)16(26-19(22)25)10-15-8-7-13(2)21(15)3/h4-10H,11H2,1-3H3,(H,20,23)/b16-10-. The van der Waals surface area contributed by atoms with E-state index < -0.39 is 17.1 Å². The van der Waals surface area contributed by atoms with Gasteiger partial charge in [-0.25, -0.2) is 0 Å². The third-order valence-corrected chi connectivity index (χ3v) is 5.08. The van der Waals surface area contributed by atoms with Gasteiger partial charge in [0.05, 0.1) is 4.91 Å². The summed E-state index contributed by atoms with van der Waals surface area (Å²) in [5.41, 5.74) is 3.52. The highest BCUT2D eigenvalue weighted by atomic mass is 32.2. The number of amides is 3. The Morgan fingerprint density at radius 2 is 1.96 bits per heavy atom. The van der Waals surface area contributed by atoms with Crippen molar-refractivity contribution >= 4 is 40.6 Å². The molecule has 2 aromatic rings. The van der Waals surface area contributed by atoms with Gasteiger partial charge < -0.3 is 9.88 Å². The Kier molecular flexibility index (Phi) is 4.99. The van der Waals surface area contributed by atoms with Gasteiger partial charge in [0.25, 0.3) is 11.1 Å². The number of hydrogen-bond donors (Lipinski definition) is 1. The minimum atomic E-state index is -0.446. The van der Waals surface area contributed by atoms with E-state index in [4.69, 9.17) is 0 Å². The van der Waals surface area contributed by atoms with Crippen LogP contribution in [0.3, 0.4) is 0 Å². The number of nitrogens with one attached hydrogen (secondary N) is 1. The molecule has 1 aromatic carbocycles. The number of aromatic nitrogens is 1. The monoisotopic (exact) mass is 369 g/mol. The number of thioether (sulfide) groups is 1. The molecular formula is C19H19N3O3S. The maximum atomic E-state index is 12.5. The molecule has 0 radical (unpaired) electrons. The molecule has 7 heteroatoms. The van der Waals surface area contributed by atoms with Gasteiger partial charge in [0.15, 0.2) is 0 Å². The lowest BCUT2D eigenvalue weighted by Gasteiger charge is -2.12. The third kappa shape index (κ3) is 3.72. The molecule has 1 N–H and O–H groups in total. The van der Waals surface area contributed by atoms with E-state index in [1.54, 1.807) is 12.1 Å². The maximum absolute atomic E-state index is 12.5. The molecule has 1 aromatic heterocycles. The lowest BCUT2D eigenvalue weighted by molar-refractivity contribution is -0.127. The summed E-state index contributed by atoms with van der Waals surface area (Å²) in [7, 11) is 1.89. The van der Waals surface area contributed by atoms with Crippen LogP contribution in [-0.2, 0) is 16.6 Å². The van der Waals surface area contributed by atoms with Crippen LogP contribution in [0.2, 0.25) is 0 Å². The van der Waals surface area contributed by atoms with Crippen molar-refractivity contribution in [3.63, 3.8) is 0 Å². The van der Waals surface area contributed by atoms with Crippen molar-refractivity contribution in [3.8, 4) is 0 Å². The number of imide groups is 1. The van der Waals surface area contributed by atoms with Crippen LogP contribution < -0.4 is 5.32 Å². The molecule has 1 aliphatic rings. The molecular weight excluding hydrogens is 350 g/mol. The summed E-state index contributed by atoms with van der Waals surface area (Å²) in [4.78, 5) is 38.2. The molecule has 0 unspecified atom stereocenters. The number of hydrogen-bond acceptors (Lipinski definition) is 4. The average Bonchev–Trinajstić information content (AvgIpc) is 3.03. The first-order valence-corrected chi connectivity index (χ1v) is 8.91. The number of rotatable bonds is 4. The Labute approximate surface area is 155 Å². The lowest BCUT2D eigenvalue weighted by atomic mass is 10.2. The fourth-order valence-electron chi connectivity index (χ4n) is 2.62. The fraction of sp³-hybridized carbons (Fsp3) is 0.211. The minimum Gasteiger partial charge on any atom is -0.348 e. The molecule has 1 saturated heterocycles. The quantitative estimate of drug-likeness (QED) is 0.840. The number of anilines is 1. The van der Waals surface area contributed by atoms with Crippen LogP contribution >= 0.6 is 11.8 Å². The van der Waals surface area contributed by atoms with Crippen molar-refractivity contribution in [1.29, 1.82) is 0 Å². The number of carbonyl (C=O) groups is 3. The van der Waals surface area contributed by atoms with E-state index in [0.29, 0.717) is 10.6 Å². The van der Waals surface area contributed by atoms with E-state index in [2.05, 4.69) is 5.32 Å². The summed E-state index contributed by atoms with van der Waals surface area (Å²) >= 11 is 0.851. The van der Waals surface area contributed by atoms with Crippen LogP contribution in [0.15, 0.2) is 41.3 Å². The molecule has 3 rings (SSSR count). The Hall–Kier alpha value is -2.80. The van der Waals surface area contributed by atoms with Crippen molar-refractivity contribution in [3.05, 3.63) is 58.3 Å². The largest absolute Gasteiger partial charge is 0.348 e. The summed E-state index contributed by atoms with van der Waals surface area (Å²) in [6, 6.07) is 11.1. The Morgan fingerprint density at radius 1 is 1.19 bits per heavy atom. The zero-order valence-electron chi connectivity index (χ0n) is 14.8. The van der Waals surface area contributed by atoms with Gasteiger partial charge in [-0.1, -0.05) is 12.1 Å². The molecule has 1 aliphatic heterocycles. The molecule has 1 fully saturated rings. The highest BCUT2D eigenvalue weighted by molar-refractivity contribution is 8.18. The van der Waals surface area contributed by atoms with Crippen LogP contribution in [0.25, 0.3) is 6.08 Å². The van der Waals surface area contributed by atoms with Crippen molar-refractivity contribution in [1.82, 2.24) is 9.47 Å². The van der Waals surface area contributed by atoms with Gasteiger partial charge in [0, 0.05) is 24.1 Å². The van der Waals surface area contributed by atoms with E-state index >= 15 is 0 Å². The first kappa shape index (κ1) is 18.0. The predicted octanol–water partition coefficient (Wildman–Crippen LogP) is 3.32. The minimum absolute atomic E-state index is 0.303. The smallest absolute Gasteiger partial charge is 0.294 e. The van der Waals surface area contributed by atoms with Gasteiger partial charge in [-0.15, -0.1) is 0 Å². The van der Waals surface area contributed by atoms with E-state index in [0.717, 1.165) is 33.6 Å². The summed E-state index contributed by atoms with van der Waals surface area (Å²) in [5, 5.41) is 2.27. The van der Waals surface area contributed by atoms with E-state index in [-0.39, 0.29) is 6.54 Å².